The number of benzene rings is 2. The molecule has 0 aliphatic rings. The number of carbonyl (C=O) groups is 1. The molecule has 114 valence electrons. The molecule has 0 aliphatic heterocycles. The molecule has 2 aromatic rings. The van der Waals surface area contributed by atoms with Crippen molar-refractivity contribution in [2.45, 2.75) is 26.7 Å². The highest BCUT2D eigenvalue weighted by atomic mass is 35.5. The number of halogens is 1. The Morgan fingerprint density at radius 1 is 1.18 bits per heavy atom. The zero-order valence-corrected chi connectivity index (χ0v) is 13.7. The Morgan fingerprint density at radius 3 is 2.45 bits per heavy atom. The summed E-state index contributed by atoms with van der Waals surface area (Å²) in [6.45, 7) is 6.22. The highest BCUT2D eigenvalue weighted by Gasteiger charge is 2.08. The van der Waals surface area contributed by atoms with Crippen molar-refractivity contribution in [2.24, 2.45) is 5.10 Å². The van der Waals surface area contributed by atoms with Crippen LogP contribution in [0.2, 0.25) is 5.02 Å². The molecular formula is C18H19ClN2O. The van der Waals surface area contributed by atoms with E-state index in [0.717, 1.165) is 11.1 Å². The zero-order valence-electron chi connectivity index (χ0n) is 12.9. The van der Waals surface area contributed by atoms with E-state index in [1.54, 1.807) is 18.3 Å². The molecule has 0 heterocycles. The third kappa shape index (κ3) is 4.18. The SMILES string of the molecule is Cc1ccc(C(=O)N/N=C\c2ccc(C(C)C)cc2)c(Cl)c1. The van der Waals surface area contributed by atoms with Gasteiger partial charge in [0.1, 0.15) is 0 Å². The summed E-state index contributed by atoms with van der Waals surface area (Å²) in [6, 6.07) is 13.4. The third-order valence-corrected chi connectivity index (χ3v) is 3.66. The fourth-order valence-corrected chi connectivity index (χ4v) is 2.32. The van der Waals surface area contributed by atoms with Crippen molar-refractivity contribution in [3.8, 4) is 0 Å². The van der Waals surface area contributed by atoms with Crippen LogP contribution in [0.5, 0.6) is 0 Å². The van der Waals surface area contributed by atoms with Gasteiger partial charge in [0.25, 0.3) is 5.91 Å². The second-order valence-corrected chi connectivity index (χ2v) is 5.91. The number of hydrogen-bond acceptors (Lipinski definition) is 2. The summed E-state index contributed by atoms with van der Waals surface area (Å²) in [5.41, 5.74) is 6.12. The molecular weight excluding hydrogens is 296 g/mol. The lowest BCUT2D eigenvalue weighted by atomic mass is 10.0. The van der Waals surface area contributed by atoms with Gasteiger partial charge >= 0.3 is 0 Å². The van der Waals surface area contributed by atoms with Crippen LogP contribution in [-0.2, 0) is 0 Å². The molecule has 4 heteroatoms. The molecule has 0 aliphatic carbocycles. The topological polar surface area (TPSA) is 41.5 Å². The van der Waals surface area contributed by atoms with Gasteiger partial charge in [0.15, 0.2) is 0 Å². The average Bonchev–Trinajstić information content (AvgIpc) is 2.47. The van der Waals surface area contributed by atoms with Gasteiger partial charge < -0.3 is 0 Å². The van der Waals surface area contributed by atoms with Crippen molar-refractivity contribution in [1.29, 1.82) is 0 Å². The monoisotopic (exact) mass is 314 g/mol. The molecule has 1 N–H and O–H groups in total. The first-order valence-electron chi connectivity index (χ1n) is 7.17. The van der Waals surface area contributed by atoms with Crippen molar-refractivity contribution < 1.29 is 4.79 Å². The lowest BCUT2D eigenvalue weighted by molar-refractivity contribution is 0.0955. The van der Waals surface area contributed by atoms with E-state index in [-0.39, 0.29) is 5.91 Å². The summed E-state index contributed by atoms with van der Waals surface area (Å²) in [6.07, 6.45) is 1.62. The fourth-order valence-electron chi connectivity index (χ4n) is 2.00. The van der Waals surface area contributed by atoms with E-state index in [9.17, 15) is 4.79 Å². The van der Waals surface area contributed by atoms with E-state index in [0.29, 0.717) is 16.5 Å². The van der Waals surface area contributed by atoms with Crippen LogP contribution in [0, 0.1) is 6.92 Å². The van der Waals surface area contributed by atoms with E-state index in [1.807, 2.05) is 25.1 Å². The molecule has 2 aromatic carbocycles. The van der Waals surface area contributed by atoms with E-state index in [2.05, 4.69) is 36.5 Å². The molecule has 0 bridgehead atoms. The molecule has 0 atom stereocenters. The quantitative estimate of drug-likeness (QED) is 0.653. The zero-order chi connectivity index (χ0) is 16.1. The molecule has 1 amide bonds. The van der Waals surface area contributed by atoms with Gasteiger partial charge in [-0.15, -0.1) is 0 Å². The number of nitrogens with one attached hydrogen (secondary N) is 1. The molecule has 0 saturated heterocycles. The van der Waals surface area contributed by atoms with Gasteiger partial charge in [0.2, 0.25) is 0 Å². The van der Waals surface area contributed by atoms with Gasteiger partial charge in [0, 0.05) is 0 Å². The predicted octanol–water partition coefficient (Wildman–Crippen LogP) is 4.54. The van der Waals surface area contributed by atoms with E-state index >= 15 is 0 Å². The molecule has 0 radical (unpaired) electrons. The van der Waals surface area contributed by atoms with Crippen molar-refractivity contribution in [3.05, 3.63) is 69.7 Å². The normalized spacial score (nSPS) is 11.1. The van der Waals surface area contributed by atoms with Crippen LogP contribution in [0.1, 0.15) is 46.8 Å². The Balaban J connectivity index is 2.01. The van der Waals surface area contributed by atoms with Crippen LogP contribution in [0.4, 0.5) is 0 Å². The lowest BCUT2D eigenvalue weighted by Crippen LogP contribution is -2.18. The second-order valence-electron chi connectivity index (χ2n) is 5.50. The maximum absolute atomic E-state index is 12.0. The highest BCUT2D eigenvalue weighted by Crippen LogP contribution is 2.17. The number of rotatable bonds is 4. The smallest absolute Gasteiger partial charge is 0.267 e. The predicted molar refractivity (Wildman–Crippen MR) is 91.8 cm³/mol. The second kappa shape index (κ2) is 7.23. The molecule has 0 saturated carbocycles. The fraction of sp³-hybridized carbons (Fsp3) is 0.222. The van der Waals surface area contributed by atoms with Crippen LogP contribution in [0.15, 0.2) is 47.6 Å². The van der Waals surface area contributed by atoms with Crippen molar-refractivity contribution >= 4 is 23.7 Å². The number of amides is 1. The minimum Gasteiger partial charge on any atom is -0.267 e. The van der Waals surface area contributed by atoms with Gasteiger partial charge in [-0.2, -0.15) is 5.10 Å². The molecule has 3 nitrogen and oxygen atoms in total. The van der Waals surface area contributed by atoms with E-state index in [1.165, 1.54) is 5.56 Å². The van der Waals surface area contributed by atoms with Crippen molar-refractivity contribution in [1.82, 2.24) is 5.43 Å². The van der Waals surface area contributed by atoms with E-state index in [4.69, 9.17) is 11.6 Å². The Morgan fingerprint density at radius 2 is 1.86 bits per heavy atom. The van der Waals surface area contributed by atoms with Crippen LogP contribution >= 0.6 is 11.6 Å². The molecule has 0 aromatic heterocycles. The number of nitrogens with zero attached hydrogens (tertiary/aromatic N) is 1. The minimum absolute atomic E-state index is 0.319. The van der Waals surface area contributed by atoms with Gasteiger partial charge in [-0.05, 0) is 41.7 Å². The van der Waals surface area contributed by atoms with Crippen LogP contribution < -0.4 is 5.43 Å². The number of hydrazone groups is 1. The summed E-state index contributed by atoms with van der Waals surface area (Å²) >= 11 is 6.05. The Bertz CT molecular complexity index is 691. The molecule has 22 heavy (non-hydrogen) atoms. The largest absolute Gasteiger partial charge is 0.272 e. The lowest BCUT2D eigenvalue weighted by Gasteiger charge is -2.05. The maximum Gasteiger partial charge on any atom is 0.272 e. The summed E-state index contributed by atoms with van der Waals surface area (Å²) in [5, 5.41) is 4.40. The molecule has 2 rings (SSSR count). The third-order valence-electron chi connectivity index (χ3n) is 3.35. The van der Waals surface area contributed by atoms with Gasteiger partial charge in [-0.1, -0.05) is 55.8 Å². The summed E-state index contributed by atoms with van der Waals surface area (Å²) in [4.78, 5) is 12.0. The highest BCUT2D eigenvalue weighted by molar-refractivity contribution is 6.33. The summed E-state index contributed by atoms with van der Waals surface area (Å²) in [5.74, 6) is 0.175. The molecule has 0 fully saturated rings. The maximum atomic E-state index is 12.0. The van der Waals surface area contributed by atoms with Gasteiger partial charge in [-0.25, -0.2) is 5.43 Å². The number of carbonyl (C=O) groups excluding carboxylic acids is 1. The van der Waals surface area contributed by atoms with Crippen molar-refractivity contribution in [2.75, 3.05) is 0 Å². The van der Waals surface area contributed by atoms with E-state index < -0.39 is 0 Å². The molecule has 0 unspecified atom stereocenters. The molecule has 0 spiro atoms. The van der Waals surface area contributed by atoms with Crippen LogP contribution in [0.3, 0.4) is 0 Å². The van der Waals surface area contributed by atoms with Crippen LogP contribution in [0.25, 0.3) is 0 Å². The average molecular weight is 315 g/mol. The summed E-state index contributed by atoms with van der Waals surface area (Å²) < 4.78 is 0. The number of aryl methyl sites for hydroxylation is 1. The Hall–Kier alpha value is -2.13. The van der Waals surface area contributed by atoms with Crippen LogP contribution in [-0.4, -0.2) is 12.1 Å². The first kappa shape index (κ1) is 16.2. The first-order valence-corrected chi connectivity index (χ1v) is 7.54. The van der Waals surface area contributed by atoms with Gasteiger partial charge in [-0.3, -0.25) is 4.79 Å². The Kier molecular flexibility index (Phi) is 5.34. The van der Waals surface area contributed by atoms with Gasteiger partial charge in [0.05, 0.1) is 16.8 Å². The first-order chi connectivity index (χ1) is 10.5. The Labute approximate surface area is 136 Å². The van der Waals surface area contributed by atoms with Crippen molar-refractivity contribution in [3.63, 3.8) is 0 Å². The number of hydrogen-bond donors (Lipinski definition) is 1. The minimum atomic E-state index is -0.319. The summed E-state index contributed by atoms with van der Waals surface area (Å²) in [7, 11) is 0. The standard InChI is InChI=1S/C18H19ClN2O/c1-12(2)15-7-5-14(6-8-15)11-20-21-18(22)16-9-4-13(3)10-17(16)19/h4-12H,1-3H3,(H,21,22)/b20-11-.